The molecule has 0 radical (unpaired) electrons. The summed E-state index contributed by atoms with van der Waals surface area (Å²) in [6, 6.07) is 12.0. The molecule has 0 aliphatic carbocycles. The van der Waals surface area contributed by atoms with Crippen LogP contribution in [0.4, 0.5) is 9.59 Å². The Hall–Kier alpha value is -5.40. The molecule has 1 aliphatic rings. The van der Waals surface area contributed by atoms with Gasteiger partial charge in [0.1, 0.15) is 23.7 Å². The van der Waals surface area contributed by atoms with E-state index in [0.29, 0.717) is 18.2 Å². The first-order valence-corrected chi connectivity index (χ1v) is 16.8. The maximum Gasteiger partial charge on any atom is 0.407 e. The number of nitrogens with zero attached hydrogens (tertiary/aromatic N) is 3. The molecule has 1 aliphatic heterocycles. The van der Waals surface area contributed by atoms with Crippen molar-refractivity contribution in [2.75, 3.05) is 20.8 Å². The van der Waals surface area contributed by atoms with Crippen LogP contribution in [0.15, 0.2) is 48.7 Å². The molecule has 4 amide bonds. The van der Waals surface area contributed by atoms with Crippen LogP contribution in [0, 0.1) is 11.8 Å². The Morgan fingerprint density at radius 3 is 2.08 bits per heavy atom. The molecule has 5 N–H and O–H groups in total. The van der Waals surface area contributed by atoms with Crippen molar-refractivity contribution in [3.05, 3.63) is 60.3 Å². The van der Waals surface area contributed by atoms with E-state index in [9.17, 15) is 19.2 Å². The van der Waals surface area contributed by atoms with Crippen LogP contribution in [-0.4, -0.2) is 81.7 Å². The summed E-state index contributed by atoms with van der Waals surface area (Å²) in [4.78, 5) is 67.9. The van der Waals surface area contributed by atoms with Gasteiger partial charge in [-0.3, -0.25) is 9.59 Å². The van der Waals surface area contributed by atoms with Crippen LogP contribution in [0.5, 0.6) is 0 Å². The van der Waals surface area contributed by atoms with E-state index >= 15 is 0 Å². The molecular weight excluding hydrogens is 640 g/mol. The Morgan fingerprint density at radius 2 is 1.44 bits per heavy atom. The fourth-order valence-corrected chi connectivity index (χ4v) is 6.19. The number of rotatable bonds is 11. The zero-order chi connectivity index (χ0) is 36.1. The number of imidazole rings is 2. The molecule has 0 spiro atoms. The van der Waals surface area contributed by atoms with Gasteiger partial charge in [-0.2, -0.15) is 0 Å². The number of carbonyl (C=O) groups is 4. The predicted molar refractivity (Wildman–Crippen MR) is 188 cm³/mol. The molecule has 50 heavy (non-hydrogen) atoms. The van der Waals surface area contributed by atoms with E-state index in [1.165, 1.54) is 14.2 Å². The quantitative estimate of drug-likeness (QED) is 0.142. The zero-order valence-corrected chi connectivity index (χ0v) is 29.5. The van der Waals surface area contributed by atoms with Crippen molar-refractivity contribution in [1.29, 1.82) is 0 Å². The normalized spacial score (nSPS) is 16.3. The van der Waals surface area contributed by atoms with Crippen LogP contribution < -0.4 is 16.0 Å². The minimum Gasteiger partial charge on any atom is -0.453 e. The maximum absolute atomic E-state index is 13.5. The number of methoxy groups -OCH3 is 2. The number of amides is 4. The summed E-state index contributed by atoms with van der Waals surface area (Å²) in [5, 5.41) is 8.20. The number of alkyl carbamates (subject to hydrolysis) is 2. The Morgan fingerprint density at radius 1 is 0.820 bits per heavy atom. The van der Waals surface area contributed by atoms with Gasteiger partial charge in [0, 0.05) is 6.54 Å². The number of carbonyl (C=O) groups excluding carboxylic acids is 4. The van der Waals surface area contributed by atoms with Crippen molar-refractivity contribution < 1.29 is 28.7 Å². The first kappa shape index (κ1) is 35.9. The molecule has 0 saturated carbocycles. The summed E-state index contributed by atoms with van der Waals surface area (Å²) in [6.45, 7) is 9.89. The fourth-order valence-electron chi connectivity index (χ4n) is 6.19. The van der Waals surface area contributed by atoms with E-state index in [1.54, 1.807) is 11.1 Å². The second-order valence-corrected chi connectivity index (χ2v) is 13.2. The molecule has 1 saturated heterocycles. The van der Waals surface area contributed by atoms with Gasteiger partial charge in [-0.15, -0.1) is 0 Å². The summed E-state index contributed by atoms with van der Waals surface area (Å²) >= 11 is 0. The highest BCUT2D eigenvalue weighted by molar-refractivity contribution is 5.87. The molecule has 4 atom stereocenters. The summed E-state index contributed by atoms with van der Waals surface area (Å²) in [5.41, 5.74) is 5.37. The third-order valence-corrected chi connectivity index (χ3v) is 9.04. The minimum absolute atomic E-state index is 0.110. The number of aromatic nitrogens is 4. The molecule has 2 aromatic carbocycles. The molecular formula is C36H46N8O6. The van der Waals surface area contributed by atoms with Gasteiger partial charge in [-0.25, -0.2) is 19.6 Å². The fraction of sp³-hybridized carbons (Fsp3) is 0.444. The van der Waals surface area contributed by atoms with Gasteiger partial charge < -0.3 is 40.3 Å². The Bertz CT molecular complexity index is 1830. The van der Waals surface area contributed by atoms with Gasteiger partial charge in [0.25, 0.3) is 0 Å². The number of hydrogen-bond donors (Lipinski definition) is 5. The maximum atomic E-state index is 13.5. The number of H-pyrrole nitrogens is 2. The lowest BCUT2D eigenvalue weighted by Crippen LogP contribution is -2.51. The van der Waals surface area contributed by atoms with Gasteiger partial charge in [-0.1, -0.05) is 58.0 Å². The molecule has 0 bridgehead atoms. The second-order valence-electron chi connectivity index (χ2n) is 13.2. The summed E-state index contributed by atoms with van der Waals surface area (Å²) < 4.78 is 9.40. The van der Waals surface area contributed by atoms with Crippen LogP contribution in [-0.2, 0) is 19.1 Å². The number of hydrogen-bond acceptors (Lipinski definition) is 8. The predicted octanol–water partition coefficient (Wildman–Crippen LogP) is 5.22. The molecule has 3 heterocycles. The van der Waals surface area contributed by atoms with Crippen molar-refractivity contribution in [3.63, 3.8) is 0 Å². The molecule has 266 valence electrons. The minimum atomic E-state index is -0.752. The van der Waals surface area contributed by atoms with Gasteiger partial charge in [-0.05, 0) is 60.4 Å². The van der Waals surface area contributed by atoms with Crippen molar-refractivity contribution in [2.24, 2.45) is 11.8 Å². The number of likely N-dealkylation sites (tertiary alicyclic amines) is 1. The molecule has 2 aromatic heterocycles. The SMILES string of the molecule is COC(=O)N[C@H](C(=O)N[C@@H](C)c1nc2ccc(-c3ccc(-c4cnc([C@@H]5CCCN5C(=O)[C@@H](NC(=O)OC)C(C)C)[nH]4)cc3)cc2[nH]1)C(C)C. The third-order valence-electron chi connectivity index (χ3n) is 9.04. The monoisotopic (exact) mass is 686 g/mol. The van der Waals surface area contributed by atoms with Crippen molar-refractivity contribution in [1.82, 2.24) is 40.8 Å². The molecule has 14 nitrogen and oxygen atoms in total. The van der Waals surface area contributed by atoms with Crippen molar-refractivity contribution in [2.45, 2.75) is 71.6 Å². The topological polar surface area (TPSA) is 183 Å². The van der Waals surface area contributed by atoms with E-state index in [0.717, 1.165) is 46.3 Å². The van der Waals surface area contributed by atoms with Crippen LogP contribution in [0.3, 0.4) is 0 Å². The van der Waals surface area contributed by atoms with Gasteiger partial charge in [0.2, 0.25) is 11.8 Å². The Balaban J connectivity index is 1.27. The van der Waals surface area contributed by atoms with Gasteiger partial charge in [0.05, 0.1) is 49.2 Å². The summed E-state index contributed by atoms with van der Waals surface area (Å²) in [6.07, 6.45) is 2.10. The second kappa shape index (κ2) is 15.4. The summed E-state index contributed by atoms with van der Waals surface area (Å²) in [7, 11) is 2.54. The van der Waals surface area contributed by atoms with Gasteiger partial charge >= 0.3 is 12.2 Å². The molecule has 4 aromatic rings. The van der Waals surface area contributed by atoms with E-state index < -0.39 is 30.3 Å². The number of benzene rings is 2. The molecule has 0 unspecified atom stereocenters. The van der Waals surface area contributed by atoms with Crippen molar-refractivity contribution in [3.8, 4) is 22.4 Å². The third kappa shape index (κ3) is 7.90. The van der Waals surface area contributed by atoms with E-state index in [1.807, 2.05) is 77.1 Å². The van der Waals surface area contributed by atoms with Crippen LogP contribution in [0.1, 0.15) is 71.2 Å². The van der Waals surface area contributed by atoms with E-state index in [4.69, 9.17) is 4.74 Å². The Labute approximate surface area is 291 Å². The van der Waals surface area contributed by atoms with Crippen molar-refractivity contribution >= 4 is 35.0 Å². The zero-order valence-electron chi connectivity index (χ0n) is 29.5. The lowest BCUT2D eigenvalue weighted by molar-refractivity contribution is -0.135. The summed E-state index contributed by atoms with van der Waals surface area (Å²) in [5.74, 6) is 0.574. The molecule has 5 rings (SSSR count). The van der Waals surface area contributed by atoms with Gasteiger partial charge in [0.15, 0.2) is 0 Å². The number of aromatic amines is 2. The number of fused-ring (bicyclic) bond motifs is 1. The lowest BCUT2D eigenvalue weighted by Gasteiger charge is -2.30. The lowest BCUT2D eigenvalue weighted by atomic mass is 10.0. The first-order chi connectivity index (χ1) is 23.9. The van der Waals surface area contributed by atoms with Crippen LogP contribution >= 0.6 is 0 Å². The number of nitrogens with one attached hydrogen (secondary N) is 5. The standard InChI is InChI=1S/C36H46N8O6/c1-19(2)29(42-35(47)49-6)33(45)38-21(5)31-39-25-15-14-24(17-26(25)40-31)22-10-12-23(13-11-22)27-18-37-32(41-27)28-9-8-16-44(28)34(46)30(20(3)4)43-36(48)50-7/h10-15,17-21,28-30H,8-9,16H2,1-7H3,(H,37,41)(H,38,45)(H,39,40)(H,42,47)(H,43,48)/t21-,28-,29-,30-/m0/s1. The number of ether oxygens (including phenoxy) is 2. The molecule has 1 fully saturated rings. The largest absolute Gasteiger partial charge is 0.453 e. The highest BCUT2D eigenvalue weighted by Crippen LogP contribution is 2.33. The average molecular weight is 687 g/mol. The smallest absolute Gasteiger partial charge is 0.407 e. The highest BCUT2D eigenvalue weighted by Gasteiger charge is 2.37. The molecule has 14 heteroatoms. The van der Waals surface area contributed by atoms with Crippen LogP contribution in [0.25, 0.3) is 33.4 Å². The first-order valence-electron chi connectivity index (χ1n) is 16.8. The van der Waals surface area contributed by atoms with Crippen LogP contribution in [0.2, 0.25) is 0 Å². The average Bonchev–Trinajstić information content (AvgIpc) is 3.88. The Kier molecular flexibility index (Phi) is 11.1. The van der Waals surface area contributed by atoms with E-state index in [-0.39, 0.29) is 29.7 Å². The van der Waals surface area contributed by atoms with E-state index in [2.05, 4.69) is 40.6 Å². The highest BCUT2D eigenvalue weighted by atomic mass is 16.5.